The molecule has 0 aliphatic carbocycles. The van der Waals surface area contributed by atoms with Crippen LogP contribution in [0.15, 0.2) is 43.4 Å². The standard InChI is InChI=1S/C12H2Br6O/c13-4-1-3-7-8(16)5(14)2-6(15)12(7)19-11(3)10(18)9(4)17/h1-2H. The zero-order valence-electron chi connectivity index (χ0n) is 8.83. The number of hydrogen-bond donors (Lipinski definition) is 0. The van der Waals surface area contributed by atoms with Gasteiger partial charge >= 0.3 is 0 Å². The molecular formula is C12H2Br6O. The van der Waals surface area contributed by atoms with Crippen molar-refractivity contribution < 1.29 is 4.42 Å². The van der Waals surface area contributed by atoms with E-state index in [9.17, 15) is 0 Å². The molecule has 0 radical (unpaired) electrons. The van der Waals surface area contributed by atoms with Crippen molar-refractivity contribution in [3.05, 3.63) is 39.0 Å². The van der Waals surface area contributed by atoms with E-state index >= 15 is 0 Å². The Morgan fingerprint density at radius 1 is 0.632 bits per heavy atom. The van der Waals surface area contributed by atoms with E-state index in [4.69, 9.17) is 4.42 Å². The summed E-state index contributed by atoms with van der Waals surface area (Å²) in [6.45, 7) is 0. The molecule has 0 atom stereocenters. The Bertz CT molecular complexity index is 836. The van der Waals surface area contributed by atoms with E-state index in [1.807, 2.05) is 12.1 Å². The highest BCUT2D eigenvalue weighted by Crippen LogP contribution is 2.47. The fraction of sp³-hybridized carbons (Fsp3) is 0. The minimum atomic E-state index is 0.810. The van der Waals surface area contributed by atoms with Crippen molar-refractivity contribution in [1.82, 2.24) is 0 Å². The third-order valence-corrected chi connectivity index (χ3v) is 8.56. The highest BCUT2D eigenvalue weighted by molar-refractivity contribution is 9.14. The first-order valence-electron chi connectivity index (χ1n) is 4.95. The predicted octanol–water partition coefficient (Wildman–Crippen LogP) is 8.16. The van der Waals surface area contributed by atoms with Gasteiger partial charge in [-0.05, 0) is 108 Å². The Morgan fingerprint density at radius 3 is 1.95 bits per heavy atom. The Morgan fingerprint density at radius 2 is 1.26 bits per heavy atom. The molecule has 3 rings (SSSR count). The fourth-order valence-corrected chi connectivity index (χ4v) is 5.13. The molecule has 3 aromatic rings. The van der Waals surface area contributed by atoms with Crippen LogP contribution in [0.4, 0.5) is 0 Å². The first-order chi connectivity index (χ1) is 8.91. The minimum Gasteiger partial charge on any atom is -0.454 e. The van der Waals surface area contributed by atoms with Crippen molar-refractivity contribution in [3.8, 4) is 0 Å². The maximum absolute atomic E-state index is 5.99. The van der Waals surface area contributed by atoms with Crippen LogP contribution in [0.2, 0.25) is 0 Å². The molecule has 1 heterocycles. The van der Waals surface area contributed by atoms with Gasteiger partial charge in [-0.2, -0.15) is 0 Å². The van der Waals surface area contributed by atoms with E-state index in [2.05, 4.69) is 95.6 Å². The van der Waals surface area contributed by atoms with Gasteiger partial charge in [-0.25, -0.2) is 0 Å². The Labute approximate surface area is 159 Å². The van der Waals surface area contributed by atoms with Crippen LogP contribution in [-0.2, 0) is 0 Å². The molecule has 0 amide bonds. The molecule has 0 fully saturated rings. The Hall–Kier alpha value is 1.12. The number of hydrogen-bond acceptors (Lipinski definition) is 1. The summed E-state index contributed by atoms with van der Waals surface area (Å²) in [5.41, 5.74) is 1.63. The lowest BCUT2D eigenvalue weighted by molar-refractivity contribution is 0.664. The van der Waals surface area contributed by atoms with Crippen molar-refractivity contribution in [2.75, 3.05) is 0 Å². The second kappa shape index (κ2) is 5.39. The lowest BCUT2D eigenvalue weighted by Gasteiger charge is -2.01. The van der Waals surface area contributed by atoms with Gasteiger partial charge in [0.05, 0.1) is 8.95 Å². The zero-order valence-corrected chi connectivity index (χ0v) is 18.3. The van der Waals surface area contributed by atoms with E-state index in [1.54, 1.807) is 0 Å². The maximum atomic E-state index is 5.99. The number of benzene rings is 2. The van der Waals surface area contributed by atoms with Gasteiger partial charge in [-0.15, -0.1) is 0 Å². The summed E-state index contributed by atoms with van der Waals surface area (Å²) in [4.78, 5) is 0. The van der Waals surface area contributed by atoms with Gasteiger partial charge < -0.3 is 4.42 Å². The molecule has 0 N–H and O–H groups in total. The van der Waals surface area contributed by atoms with Gasteiger partial charge in [0.1, 0.15) is 0 Å². The van der Waals surface area contributed by atoms with Gasteiger partial charge in [0, 0.05) is 28.7 Å². The highest BCUT2D eigenvalue weighted by atomic mass is 79.9. The molecule has 0 saturated heterocycles. The molecule has 2 aromatic carbocycles. The van der Waals surface area contributed by atoms with Crippen molar-refractivity contribution in [3.63, 3.8) is 0 Å². The summed E-state index contributed by atoms with van der Waals surface area (Å²) < 4.78 is 11.7. The van der Waals surface area contributed by atoms with Crippen LogP contribution in [0.25, 0.3) is 21.9 Å². The molecule has 1 nitrogen and oxygen atoms in total. The third kappa shape index (κ3) is 2.32. The summed E-state index contributed by atoms with van der Waals surface area (Å²) in [6.07, 6.45) is 0. The minimum absolute atomic E-state index is 0.810. The first kappa shape index (κ1) is 15.0. The number of furan rings is 1. The maximum Gasteiger partial charge on any atom is 0.150 e. The molecule has 98 valence electrons. The predicted molar refractivity (Wildman–Crippen MR) is 99.9 cm³/mol. The van der Waals surface area contributed by atoms with Crippen LogP contribution in [-0.4, -0.2) is 0 Å². The quantitative estimate of drug-likeness (QED) is 0.178. The lowest BCUT2D eigenvalue weighted by Crippen LogP contribution is -1.77. The van der Waals surface area contributed by atoms with Gasteiger partial charge in [-0.3, -0.25) is 0 Å². The van der Waals surface area contributed by atoms with Crippen molar-refractivity contribution >= 4 is 118 Å². The number of rotatable bonds is 0. The first-order valence-corrected chi connectivity index (χ1v) is 9.70. The number of halogens is 6. The largest absolute Gasteiger partial charge is 0.454 e. The summed E-state index contributed by atoms with van der Waals surface area (Å²) in [5, 5.41) is 2.07. The van der Waals surface area contributed by atoms with E-state index in [0.717, 1.165) is 48.8 Å². The van der Waals surface area contributed by atoms with E-state index in [1.165, 1.54) is 0 Å². The SMILES string of the molecule is Brc1cc2c(oc3c(Br)cc(Br)c(Br)c32)c(Br)c1Br. The molecule has 0 aliphatic heterocycles. The van der Waals surface area contributed by atoms with Gasteiger partial charge in [0.15, 0.2) is 11.2 Å². The molecule has 0 aliphatic rings. The van der Waals surface area contributed by atoms with Gasteiger partial charge in [0.25, 0.3) is 0 Å². The van der Waals surface area contributed by atoms with E-state index in [0.29, 0.717) is 0 Å². The smallest absolute Gasteiger partial charge is 0.150 e. The summed E-state index contributed by atoms with van der Waals surface area (Å²) in [7, 11) is 0. The van der Waals surface area contributed by atoms with E-state index in [-0.39, 0.29) is 0 Å². The van der Waals surface area contributed by atoms with E-state index < -0.39 is 0 Å². The van der Waals surface area contributed by atoms with Crippen LogP contribution in [0, 0.1) is 0 Å². The average Bonchev–Trinajstić information content (AvgIpc) is 2.73. The third-order valence-electron chi connectivity index (χ3n) is 2.72. The van der Waals surface area contributed by atoms with Crippen LogP contribution in [0.1, 0.15) is 0 Å². The van der Waals surface area contributed by atoms with Gasteiger partial charge in [-0.1, -0.05) is 0 Å². The average molecular weight is 642 g/mol. The van der Waals surface area contributed by atoms with Crippen LogP contribution in [0.3, 0.4) is 0 Å². The van der Waals surface area contributed by atoms with Crippen molar-refractivity contribution in [2.45, 2.75) is 0 Å². The van der Waals surface area contributed by atoms with Crippen molar-refractivity contribution in [2.24, 2.45) is 0 Å². The summed E-state index contributed by atoms with van der Waals surface area (Å²) >= 11 is 21.3. The molecule has 1 aromatic heterocycles. The van der Waals surface area contributed by atoms with Crippen LogP contribution < -0.4 is 0 Å². The van der Waals surface area contributed by atoms with Crippen LogP contribution >= 0.6 is 95.6 Å². The van der Waals surface area contributed by atoms with Crippen molar-refractivity contribution in [1.29, 1.82) is 0 Å². The molecule has 0 bridgehead atoms. The fourth-order valence-electron chi connectivity index (χ4n) is 1.88. The Balaban J connectivity index is 2.66. The topological polar surface area (TPSA) is 13.1 Å². The Kier molecular flexibility index (Phi) is 4.27. The normalized spacial score (nSPS) is 11.7. The van der Waals surface area contributed by atoms with Gasteiger partial charge in [0.2, 0.25) is 0 Å². The number of fused-ring (bicyclic) bond motifs is 3. The molecule has 0 unspecified atom stereocenters. The molecule has 7 heteroatoms. The zero-order chi connectivity index (χ0) is 13.9. The second-order valence-corrected chi connectivity index (χ2v) is 8.77. The second-order valence-electron chi connectivity index (χ2n) is 3.82. The molecule has 19 heavy (non-hydrogen) atoms. The molecule has 0 saturated carbocycles. The monoisotopic (exact) mass is 636 g/mol. The van der Waals surface area contributed by atoms with Crippen LogP contribution in [0.5, 0.6) is 0 Å². The summed E-state index contributed by atoms with van der Waals surface area (Å²) in [6, 6.07) is 4.01. The highest BCUT2D eigenvalue weighted by Gasteiger charge is 2.19. The molecule has 0 spiro atoms. The lowest BCUT2D eigenvalue weighted by atomic mass is 10.1. The molecular weight excluding hydrogens is 640 g/mol. The summed E-state index contributed by atoms with van der Waals surface area (Å²) in [5.74, 6) is 0.